The van der Waals surface area contributed by atoms with E-state index in [2.05, 4.69) is 37.3 Å². The number of sulfonamides is 1. The quantitative estimate of drug-likeness (QED) is 0.758. The normalized spacial score (nSPS) is 12.3. The molecule has 4 nitrogen and oxygen atoms in total. The van der Waals surface area contributed by atoms with Gasteiger partial charge in [-0.1, -0.05) is 7.43 Å². The third-order valence-electron chi connectivity index (χ3n) is 2.06. The van der Waals surface area contributed by atoms with E-state index in [1.165, 1.54) is 6.26 Å². The van der Waals surface area contributed by atoms with Gasteiger partial charge in [-0.05, 0) is 27.7 Å². The molecule has 0 radical (unpaired) electrons. The van der Waals surface area contributed by atoms with Gasteiger partial charge in [0.1, 0.15) is 0 Å². The molecule has 0 aromatic heterocycles. The minimum Gasteiger partial charge on any atom is -0.297 e. The van der Waals surface area contributed by atoms with E-state index in [9.17, 15) is 8.42 Å². The Morgan fingerprint density at radius 2 is 1.53 bits per heavy atom. The Kier molecular flexibility index (Phi) is 8.28. The zero-order valence-electron chi connectivity index (χ0n) is 9.74. The maximum Gasteiger partial charge on any atom is 0.208 e. The van der Waals surface area contributed by atoms with Gasteiger partial charge in [0.05, 0.1) is 6.26 Å². The van der Waals surface area contributed by atoms with E-state index in [4.69, 9.17) is 0 Å². The van der Waals surface area contributed by atoms with Crippen LogP contribution in [0.1, 0.15) is 35.1 Å². The van der Waals surface area contributed by atoms with E-state index < -0.39 is 10.0 Å². The second-order valence-corrected chi connectivity index (χ2v) is 5.92. The summed E-state index contributed by atoms with van der Waals surface area (Å²) in [5, 5.41) is 0. The highest BCUT2D eigenvalue weighted by atomic mass is 32.2. The molecule has 0 aliphatic carbocycles. The molecular formula is C10H26N2O2S. The van der Waals surface area contributed by atoms with Gasteiger partial charge in [-0.15, -0.1) is 0 Å². The number of hydrogen-bond acceptors (Lipinski definition) is 3. The van der Waals surface area contributed by atoms with E-state index in [-0.39, 0.29) is 7.43 Å². The van der Waals surface area contributed by atoms with Gasteiger partial charge in [0.25, 0.3) is 0 Å². The molecule has 0 atom stereocenters. The third kappa shape index (κ3) is 8.84. The molecule has 0 amide bonds. The summed E-state index contributed by atoms with van der Waals surface area (Å²) in [5.41, 5.74) is 0. The molecule has 0 aliphatic heterocycles. The molecular weight excluding hydrogens is 212 g/mol. The van der Waals surface area contributed by atoms with Gasteiger partial charge in [0, 0.05) is 25.2 Å². The molecule has 0 aliphatic rings. The second kappa shape index (κ2) is 7.19. The zero-order chi connectivity index (χ0) is 11.4. The van der Waals surface area contributed by atoms with Gasteiger partial charge in [-0.2, -0.15) is 0 Å². The van der Waals surface area contributed by atoms with E-state index in [1.54, 1.807) is 0 Å². The third-order valence-corrected chi connectivity index (χ3v) is 2.79. The molecule has 0 aromatic carbocycles. The SMILES string of the molecule is C.CC(C)N(CCNS(C)(=O)=O)C(C)C. The predicted octanol–water partition coefficient (Wildman–Crippen LogP) is 1.29. The van der Waals surface area contributed by atoms with Crippen molar-refractivity contribution < 1.29 is 8.42 Å². The van der Waals surface area contributed by atoms with Crippen LogP contribution in [0.5, 0.6) is 0 Å². The molecule has 0 spiro atoms. The average molecular weight is 238 g/mol. The van der Waals surface area contributed by atoms with Crippen LogP contribution in [0.3, 0.4) is 0 Å². The van der Waals surface area contributed by atoms with Gasteiger partial charge >= 0.3 is 0 Å². The molecule has 1 N–H and O–H groups in total. The van der Waals surface area contributed by atoms with Crippen molar-refractivity contribution in [1.82, 2.24) is 9.62 Å². The van der Waals surface area contributed by atoms with Crippen LogP contribution in [0, 0.1) is 0 Å². The summed E-state index contributed by atoms with van der Waals surface area (Å²) >= 11 is 0. The Hall–Kier alpha value is -0.130. The monoisotopic (exact) mass is 238 g/mol. The molecule has 5 heteroatoms. The summed E-state index contributed by atoms with van der Waals surface area (Å²) in [6, 6.07) is 0.882. The van der Waals surface area contributed by atoms with E-state index in [0.29, 0.717) is 18.6 Å². The van der Waals surface area contributed by atoms with E-state index in [0.717, 1.165) is 6.54 Å². The Bertz CT molecular complexity index is 240. The first-order chi connectivity index (χ1) is 6.24. The number of rotatable bonds is 6. The minimum absolute atomic E-state index is 0. The maximum atomic E-state index is 10.8. The van der Waals surface area contributed by atoms with Gasteiger partial charge in [-0.25, -0.2) is 13.1 Å². The topological polar surface area (TPSA) is 49.4 Å². The highest BCUT2D eigenvalue weighted by Gasteiger charge is 2.13. The lowest BCUT2D eigenvalue weighted by Gasteiger charge is -2.30. The highest BCUT2D eigenvalue weighted by molar-refractivity contribution is 7.88. The first kappa shape index (κ1) is 17.3. The summed E-state index contributed by atoms with van der Waals surface area (Å²) in [5.74, 6) is 0. The zero-order valence-corrected chi connectivity index (χ0v) is 10.6. The van der Waals surface area contributed by atoms with Crippen LogP contribution in [0.15, 0.2) is 0 Å². The van der Waals surface area contributed by atoms with Crippen LogP contribution in [0.25, 0.3) is 0 Å². The summed E-state index contributed by atoms with van der Waals surface area (Å²) in [7, 11) is -3.05. The molecule has 0 saturated carbocycles. The molecule has 0 rings (SSSR count). The highest BCUT2D eigenvalue weighted by Crippen LogP contribution is 2.03. The Morgan fingerprint density at radius 1 is 1.13 bits per heavy atom. The Labute approximate surface area is 95.1 Å². The second-order valence-electron chi connectivity index (χ2n) is 4.09. The minimum atomic E-state index is -3.05. The van der Waals surface area contributed by atoms with Gasteiger partial charge < -0.3 is 0 Å². The molecule has 0 bridgehead atoms. The first-order valence-corrected chi connectivity index (χ1v) is 6.83. The summed E-state index contributed by atoms with van der Waals surface area (Å²) in [4.78, 5) is 2.25. The number of nitrogens with zero attached hydrogens (tertiary/aromatic N) is 1. The standard InChI is InChI=1S/C9H22N2O2S.CH4/c1-8(2)11(9(3)4)7-6-10-14(5,12)13;/h8-10H,6-7H2,1-5H3;1H4. The van der Waals surface area contributed by atoms with Crippen LogP contribution < -0.4 is 4.72 Å². The molecule has 0 unspecified atom stereocenters. The predicted molar refractivity (Wildman–Crippen MR) is 66.6 cm³/mol. The fourth-order valence-electron chi connectivity index (χ4n) is 1.47. The van der Waals surface area contributed by atoms with Crippen molar-refractivity contribution in [2.24, 2.45) is 0 Å². The molecule has 94 valence electrons. The van der Waals surface area contributed by atoms with Gasteiger partial charge in [0.15, 0.2) is 0 Å². The summed E-state index contributed by atoms with van der Waals surface area (Å²) in [6.07, 6.45) is 1.18. The van der Waals surface area contributed by atoms with Crippen molar-refractivity contribution in [3.63, 3.8) is 0 Å². The van der Waals surface area contributed by atoms with E-state index in [1.807, 2.05) is 0 Å². The smallest absolute Gasteiger partial charge is 0.208 e. The van der Waals surface area contributed by atoms with Crippen molar-refractivity contribution in [3.05, 3.63) is 0 Å². The van der Waals surface area contributed by atoms with Crippen molar-refractivity contribution >= 4 is 10.0 Å². The number of nitrogens with one attached hydrogen (secondary N) is 1. The molecule has 0 aromatic rings. The van der Waals surface area contributed by atoms with Crippen molar-refractivity contribution in [2.75, 3.05) is 19.3 Å². The number of hydrogen-bond donors (Lipinski definition) is 1. The largest absolute Gasteiger partial charge is 0.297 e. The fraction of sp³-hybridized carbons (Fsp3) is 1.00. The van der Waals surface area contributed by atoms with Gasteiger partial charge in [-0.3, -0.25) is 4.90 Å². The van der Waals surface area contributed by atoms with Crippen LogP contribution >= 0.6 is 0 Å². The first-order valence-electron chi connectivity index (χ1n) is 4.94. The van der Waals surface area contributed by atoms with Crippen molar-refractivity contribution in [2.45, 2.75) is 47.2 Å². The summed E-state index contributed by atoms with van der Waals surface area (Å²) < 4.78 is 24.1. The van der Waals surface area contributed by atoms with Gasteiger partial charge in [0.2, 0.25) is 10.0 Å². The summed E-state index contributed by atoms with van der Waals surface area (Å²) in [6.45, 7) is 9.68. The lowest BCUT2D eigenvalue weighted by atomic mass is 10.2. The molecule has 0 heterocycles. The Morgan fingerprint density at radius 3 is 1.80 bits per heavy atom. The molecule has 15 heavy (non-hydrogen) atoms. The Balaban J connectivity index is 0. The average Bonchev–Trinajstić information content (AvgIpc) is 1.94. The van der Waals surface area contributed by atoms with E-state index >= 15 is 0 Å². The van der Waals surface area contributed by atoms with Crippen LogP contribution in [0.4, 0.5) is 0 Å². The van der Waals surface area contributed by atoms with Crippen LogP contribution in [-0.2, 0) is 10.0 Å². The van der Waals surface area contributed by atoms with Crippen molar-refractivity contribution in [3.8, 4) is 0 Å². The van der Waals surface area contributed by atoms with Crippen molar-refractivity contribution in [1.29, 1.82) is 0 Å². The maximum absolute atomic E-state index is 10.8. The lowest BCUT2D eigenvalue weighted by molar-refractivity contribution is 0.179. The lowest BCUT2D eigenvalue weighted by Crippen LogP contribution is -2.42. The van der Waals surface area contributed by atoms with Crippen LogP contribution in [0.2, 0.25) is 0 Å². The molecule has 0 fully saturated rings. The fourth-order valence-corrected chi connectivity index (χ4v) is 1.93. The van der Waals surface area contributed by atoms with Crippen LogP contribution in [-0.4, -0.2) is 44.7 Å². The molecule has 0 saturated heterocycles.